The van der Waals surface area contributed by atoms with E-state index in [0.29, 0.717) is 11.3 Å². The molecule has 4 aromatic rings. The van der Waals surface area contributed by atoms with Gasteiger partial charge in [0, 0.05) is 47.0 Å². The monoisotopic (exact) mass is 386 g/mol. The number of carboxylic acids is 1. The summed E-state index contributed by atoms with van der Waals surface area (Å²) in [7, 11) is 1.79. The van der Waals surface area contributed by atoms with E-state index in [-0.39, 0.29) is 11.4 Å². The van der Waals surface area contributed by atoms with Crippen molar-refractivity contribution in [2.45, 2.75) is 13.0 Å². The highest BCUT2D eigenvalue weighted by Crippen LogP contribution is 2.36. The summed E-state index contributed by atoms with van der Waals surface area (Å²) in [5, 5.41) is 24.1. The quantitative estimate of drug-likeness (QED) is 0.555. The molecule has 3 aromatic heterocycles. The minimum atomic E-state index is -0.930. The van der Waals surface area contributed by atoms with Crippen LogP contribution >= 0.6 is 0 Å². The third kappa shape index (κ3) is 2.99. The summed E-state index contributed by atoms with van der Waals surface area (Å²) in [6.45, 7) is 1.63. The fourth-order valence-corrected chi connectivity index (χ4v) is 3.46. The van der Waals surface area contributed by atoms with Crippen LogP contribution in [-0.4, -0.2) is 30.4 Å². The fraction of sp³-hybridized carbons (Fsp3) is 0.143. The molecular weight excluding hydrogens is 368 g/mol. The van der Waals surface area contributed by atoms with Gasteiger partial charge in [-0.1, -0.05) is 18.2 Å². The summed E-state index contributed by atoms with van der Waals surface area (Å²) in [5.41, 5.74) is 9.87. The normalized spacial score (nSPS) is 12.0. The third-order valence-electron chi connectivity index (χ3n) is 4.97. The van der Waals surface area contributed by atoms with Crippen LogP contribution in [0.5, 0.6) is 0 Å². The number of para-hydroxylation sites is 1. The Morgan fingerprint density at radius 3 is 2.69 bits per heavy atom. The second-order valence-corrected chi connectivity index (χ2v) is 6.81. The zero-order valence-electron chi connectivity index (χ0n) is 15.9. The molecular formula is C21H18N6O2. The van der Waals surface area contributed by atoms with Crippen molar-refractivity contribution in [3.05, 3.63) is 54.5 Å². The van der Waals surface area contributed by atoms with Crippen LogP contribution in [0.15, 0.2) is 48.9 Å². The van der Waals surface area contributed by atoms with Gasteiger partial charge in [0.15, 0.2) is 0 Å². The average Bonchev–Trinajstić information content (AvgIpc) is 3.30. The highest BCUT2D eigenvalue weighted by molar-refractivity contribution is 5.97. The van der Waals surface area contributed by atoms with Gasteiger partial charge in [-0.2, -0.15) is 10.4 Å². The number of nitriles is 1. The van der Waals surface area contributed by atoms with Crippen LogP contribution in [0.25, 0.3) is 33.3 Å². The van der Waals surface area contributed by atoms with Gasteiger partial charge in [-0.05, 0) is 19.1 Å². The van der Waals surface area contributed by atoms with Gasteiger partial charge in [-0.25, -0.2) is 9.78 Å². The Morgan fingerprint density at radius 1 is 1.28 bits per heavy atom. The first kappa shape index (κ1) is 18.3. The van der Waals surface area contributed by atoms with Gasteiger partial charge in [-0.15, -0.1) is 0 Å². The number of carbonyl (C=O) groups is 1. The lowest BCUT2D eigenvalue weighted by Crippen LogP contribution is -2.14. The average molecular weight is 386 g/mol. The summed E-state index contributed by atoms with van der Waals surface area (Å²) in [4.78, 5) is 16.0. The number of aromatic nitrogens is 4. The molecule has 0 unspecified atom stereocenters. The first-order valence-corrected chi connectivity index (χ1v) is 8.93. The van der Waals surface area contributed by atoms with Gasteiger partial charge in [0.1, 0.15) is 23.5 Å². The summed E-state index contributed by atoms with van der Waals surface area (Å²) in [5.74, 6) is -0.812. The maximum absolute atomic E-state index is 11.6. The van der Waals surface area contributed by atoms with Gasteiger partial charge >= 0.3 is 5.97 Å². The first-order chi connectivity index (χ1) is 13.9. The zero-order chi connectivity index (χ0) is 20.7. The third-order valence-corrected chi connectivity index (χ3v) is 4.97. The number of fused-ring (bicyclic) bond motifs is 1. The van der Waals surface area contributed by atoms with Gasteiger partial charge < -0.3 is 15.4 Å². The molecule has 8 heteroatoms. The molecule has 0 saturated heterocycles. The SMILES string of the molecule is C[C@@H](C(=O)O)n1cc(-c2cc(-c3cnn(C)c3)c(C#N)c(N)n2)c2ccccc21. The number of nitrogens with zero attached hydrogens (tertiary/aromatic N) is 5. The number of pyridine rings is 1. The van der Waals surface area contributed by atoms with E-state index in [1.54, 1.807) is 47.9 Å². The van der Waals surface area contributed by atoms with E-state index >= 15 is 0 Å². The number of hydrogen-bond donors (Lipinski definition) is 2. The van der Waals surface area contributed by atoms with Crippen molar-refractivity contribution in [2.24, 2.45) is 7.05 Å². The number of aliphatic carboxylic acids is 1. The lowest BCUT2D eigenvalue weighted by molar-refractivity contribution is -0.140. The minimum Gasteiger partial charge on any atom is -0.480 e. The largest absolute Gasteiger partial charge is 0.480 e. The Bertz CT molecular complexity index is 1290. The number of anilines is 1. The molecule has 144 valence electrons. The molecule has 0 radical (unpaired) electrons. The van der Waals surface area contributed by atoms with Gasteiger partial charge in [-0.3, -0.25) is 4.68 Å². The Hall–Kier alpha value is -4.12. The Labute approximate surface area is 166 Å². The lowest BCUT2D eigenvalue weighted by atomic mass is 10.0. The second-order valence-electron chi connectivity index (χ2n) is 6.81. The van der Waals surface area contributed by atoms with Crippen molar-refractivity contribution in [3.63, 3.8) is 0 Å². The maximum Gasteiger partial charge on any atom is 0.326 e. The highest BCUT2D eigenvalue weighted by atomic mass is 16.4. The number of hydrogen-bond acceptors (Lipinski definition) is 5. The van der Waals surface area contributed by atoms with Crippen molar-refractivity contribution >= 4 is 22.7 Å². The number of aryl methyl sites for hydroxylation is 1. The molecule has 0 saturated carbocycles. The molecule has 0 amide bonds. The van der Waals surface area contributed by atoms with Gasteiger partial charge in [0.05, 0.1) is 11.9 Å². The predicted octanol–water partition coefficient (Wildman–Crippen LogP) is 3.20. The molecule has 1 aromatic carbocycles. The van der Waals surface area contributed by atoms with Crippen LogP contribution in [-0.2, 0) is 11.8 Å². The molecule has 8 nitrogen and oxygen atoms in total. The van der Waals surface area contributed by atoms with Crippen LogP contribution in [0.4, 0.5) is 5.82 Å². The first-order valence-electron chi connectivity index (χ1n) is 8.93. The molecule has 0 aliphatic heterocycles. The van der Waals surface area contributed by atoms with E-state index in [1.807, 2.05) is 24.3 Å². The van der Waals surface area contributed by atoms with Crippen molar-refractivity contribution in [1.82, 2.24) is 19.3 Å². The van der Waals surface area contributed by atoms with E-state index in [9.17, 15) is 15.2 Å². The molecule has 0 spiro atoms. The van der Waals surface area contributed by atoms with Crippen molar-refractivity contribution in [2.75, 3.05) is 5.73 Å². The lowest BCUT2D eigenvalue weighted by Gasteiger charge is -2.10. The van der Waals surface area contributed by atoms with Crippen LogP contribution in [0, 0.1) is 11.3 Å². The fourth-order valence-electron chi connectivity index (χ4n) is 3.46. The van der Waals surface area contributed by atoms with E-state index in [2.05, 4.69) is 16.2 Å². The molecule has 0 aliphatic rings. The topological polar surface area (TPSA) is 123 Å². The number of nitrogens with two attached hydrogens (primary N) is 1. The van der Waals surface area contributed by atoms with Crippen LogP contribution < -0.4 is 5.73 Å². The van der Waals surface area contributed by atoms with Crippen molar-refractivity contribution in [3.8, 4) is 28.5 Å². The molecule has 0 fully saturated rings. The predicted molar refractivity (Wildman–Crippen MR) is 109 cm³/mol. The minimum absolute atomic E-state index is 0.118. The van der Waals surface area contributed by atoms with E-state index < -0.39 is 12.0 Å². The van der Waals surface area contributed by atoms with Gasteiger partial charge in [0.2, 0.25) is 0 Å². The molecule has 4 rings (SSSR count). The van der Waals surface area contributed by atoms with E-state index in [0.717, 1.165) is 22.0 Å². The molecule has 29 heavy (non-hydrogen) atoms. The molecule has 1 atom stereocenters. The van der Waals surface area contributed by atoms with Crippen LogP contribution in [0.2, 0.25) is 0 Å². The maximum atomic E-state index is 11.6. The van der Waals surface area contributed by atoms with E-state index in [1.165, 1.54) is 0 Å². The molecule has 3 heterocycles. The standard InChI is InChI=1S/C21H18N6O2/c1-12(21(28)29)27-11-17(14-5-3-4-6-19(14)27)18-7-15(13-9-24-26(2)10-13)16(8-22)20(23)25-18/h3-7,9-12H,1-2H3,(H2,23,25)(H,28,29)/t12-/m0/s1. The number of carboxylic acid groups (broad SMARTS) is 1. The molecule has 0 aliphatic carbocycles. The zero-order valence-corrected chi connectivity index (χ0v) is 15.9. The Balaban J connectivity index is 1.99. The summed E-state index contributed by atoms with van der Waals surface area (Å²) < 4.78 is 3.35. The Kier molecular flexibility index (Phi) is 4.28. The number of rotatable bonds is 4. The molecule has 3 N–H and O–H groups in total. The second kappa shape index (κ2) is 6.80. The summed E-state index contributed by atoms with van der Waals surface area (Å²) in [6.07, 6.45) is 5.23. The molecule has 0 bridgehead atoms. The van der Waals surface area contributed by atoms with Crippen LogP contribution in [0.3, 0.4) is 0 Å². The highest BCUT2D eigenvalue weighted by Gasteiger charge is 2.21. The van der Waals surface area contributed by atoms with Crippen LogP contribution in [0.1, 0.15) is 18.5 Å². The van der Waals surface area contributed by atoms with Crippen molar-refractivity contribution < 1.29 is 9.90 Å². The summed E-state index contributed by atoms with van der Waals surface area (Å²) >= 11 is 0. The van der Waals surface area contributed by atoms with E-state index in [4.69, 9.17) is 5.73 Å². The van der Waals surface area contributed by atoms with Crippen molar-refractivity contribution in [1.29, 1.82) is 5.26 Å². The smallest absolute Gasteiger partial charge is 0.326 e. The van der Waals surface area contributed by atoms with Gasteiger partial charge in [0.25, 0.3) is 0 Å². The number of nitrogen functional groups attached to an aromatic ring is 1. The summed E-state index contributed by atoms with van der Waals surface area (Å²) in [6, 6.07) is 10.7. The number of benzene rings is 1. The Morgan fingerprint density at radius 2 is 2.03 bits per heavy atom.